The van der Waals surface area contributed by atoms with Gasteiger partial charge in [-0.05, 0) is 44.6 Å². The second kappa shape index (κ2) is 8.15. The van der Waals surface area contributed by atoms with Crippen molar-refractivity contribution < 1.29 is 9.84 Å². The third-order valence-corrected chi connectivity index (χ3v) is 4.99. The lowest BCUT2D eigenvalue weighted by molar-refractivity contribution is 0.115. The van der Waals surface area contributed by atoms with Crippen LogP contribution in [0.25, 0.3) is 11.0 Å². The molecule has 25 heavy (non-hydrogen) atoms. The van der Waals surface area contributed by atoms with Gasteiger partial charge in [0.05, 0.1) is 18.2 Å². The number of anilines is 1. The van der Waals surface area contributed by atoms with E-state index < -0.39 is 0 Å². The number of nitrogens with zero attached hydrogens (tertiary/aromatic N) is 3. The number of aliphatic hydroxyl groups is 1. The Morgan fingerprint density at radius 2 is 2.04 bits per heavy atom. The van der Waals surface area contributed by atoms with E-state index in [2.05, 4.69) is 16.5 Å². The average Bonchev–Trinajstić information content (AvgIpc) is 2.97. The van der Waals surface area contributed by atoms with Gasteiger partial charge < -0.3 is 20.1 Å². The van der Waals surface area contributed by atoms with E-state index in [1.54, 1.807) is 0 Å². The fourth-order valence-electron chi connectivity index (χ4n) is 3.69. The van der Waals surface area contributed by atoms with Crippen LogP contribution in [0.1, 0.15) is 63.0 Å². The van der Waals surface area contributed by atoms with E-state index in [0.717, 1.165) is 67.5 Å². The SMILES string of the molecule is CCCCC(O)Cn1c(COCC)nc2c(N)nc3c(c21)CCCC3. The van der Waals surface area contributed by atoms with Crippen LogP contribution >= 0.6 is 0 Å². The zero-order valence-corrected chi connectivity index (χ0v) is 15.4. The molecule has 2 heterocycles. The molecule has 6 nitrogen and oxygen atoms in total. The van der Waals surface area contributed by atoms with Crippen LogP contribution in [-0.2, 0) is 30.7 Å². The third kappa shape index (κ3) is 3.80. The van der Waals surface area contributed by atoms with Crippen molar-refractivity contribution in [3.05, 3.63) is 17.1 Å². The molecule has 0 amide bonds. The highest BCUT2D eigenvalue weighted by atomic mass is 16.5. The smallest absolute Gasteiger partial charge is 0.151 e. The van der Waals surface area contributed by atoms with E-state index >= 15 is 0 Å². The molecule has 0 bridgehead atoms. The molecule has 0 aromatic carbocycles. The van der Waals surface area contributed by atoms with Crippen LogP contribution in [0, 0.1) is 0 Å². The molecule has 2 aromatic rings. The highest BCUT2D eigenvalue weighted by Gasteiger charge is 2.23. The van der Waals surface area contributed by atoms with Crippen molar-refractivity contribution >= 4 is 16.9 Å². The lowest BCUT2D eigenvalue weighted by Gasteiger charge is -2.20. The number of rotatable bonds is 8. The Kier molecular flexibility index (Phi) is 5.91. The first kappa shape index (κ1) is 18.1. The van der Waals surface area contributed by atoms with Gasteiger partial charge in [0.15, 0.2) is 5.82 Å². The van der Waals surface area contributed by atoms with Gasteiger partial charge in [0.25, 0.3) is 0 Å². The Morgan fingerprint density at radius 1 is 1.24 bits per heavy atom. The van der Waals surface area contributed by atoms with E-state index in [1.807, 2.05) is 6.92 Å². The highest BCUT2D eigenvalue weighted by Crippen LogP contribution is 2.32. The van der Waals surface area contributed by atoms with E-state index in [9.17, 15) is 5.11 Å². The monoisotopic (exact) mass is 346 g/mol. The summed E-state index contributed by atoms with van der Waals surface area (Å²) in [4.78, 5) is 9.33. The second-order valence-electron chi connectivity index (χ2n) is 6.90. The Hall–Kier alpha value is -1.66. The average molecular weight is 346 g/mol. The first-order valence-corrected chi connectivity index (χ1v) is 9.57. The Labute approximate surface area is 149 Å². The number of fused-ring (bicyclic) bond motifs is 3. The van der Waals surface area contributed by atoms with Crippen molar-refractivity contribution in [3.63, 3.8) is 0 Å². The number of aromatic nitrogens is 3. The van der Waals surface area contributed by atoms with Crippen molar-refractivity contribution in [1.82, 2.24) is 14.5 Å². The maximum Gasteiger partial charge on any atom is 0.151 e. The zero-order valence-electron chi connectivity index (χ0n) is 15.4. The summed E-state index contributed by atoms with van der Waals surface area (Å²) < 4.78 is 7.74. The van der Waals surface area contributed by atoms with Crippen molar-refractivity contribution in [2.45, 2.75) is 78.0 Å². The predicted molar refractivity (Wildman–Crippen MR) is 99.4 cm³/mol. The molecular formula is C19H30N4O2. The van der Waals surface area contributed by atoms with E-state index in [0.29, 0.717) is 25.6 Å². The molecule has 0 saturated carbocycles. The fraction of sp³-hybridized carbons (Fsp3) is 0.684. The highest BCUT2D eigenvalue weighted by molar-refractivity contribution is 5.89. The van der Waals surface area contributed by atoms with Gasteiger partial charge in [0.1, 0.15) is 17.9 Å². The van der Waals surface area contributed by atoms with E-state index in [1.165, 1.54) is 5.56 Å². The van der Waals surface area contributed by atoms with Gasteiger partial charge in [0, 0.05) is 12.3 Å². The molecule has 138 valence electrons. The molecule has 1 aliphatic carbocycles. The molecular weight excluding hydrogens is 316 g/mol. The predicted octanol–water partition coefficient (Wildman–Crippen LogP) is 2.98. The molecule has 0 fully saturated rings. The molecule has 6 heteroatoms. The second-order valence-corrected chi connectivity index (χ2v) is 6.90. The number of ether oxygens (including phenoxy) is 1. The minimum Gasteiger partial charge on any atom is -0.391 e. The maximum absolute atomic E-state index is 10.5. The van der Waals surface area contributed by atoms with Crippen LogP contribution < -0.4 is 5.73 Å². The first-order chi connectivity index (χ1) is 12.2. The number of hydrogen-bond donors (Lipinski definition) is 2. The molecule has 0 saturated heterocycles. The molecule has 0 radical (unpaired) electrons. The lowest BCUT2D eigenvalue weighted by atomic mass is 9.95. The summed E-state index contributed by atoms with van der Waals surface area (Å²) in [7, 11) is 0. The van der Waals surface area contributed by atoms with Crippen molar-refractivity contribution in [1.29, 1.82) is 0 Å². The number of hydrogen-bond acceptors (Lipinski definition) is 5. The van der Waals surface area contributed by atoms with Crippen molar-refractivity contribution in [3.8, 4) is 0 Å². The molecule has 3 rings (SSSR count). The number of imidazole rings is 1. The number of aryl methyl sites for hydroxylation is 2. The molecule has 3 N–H and O–H groups in total. The minimum atomic E-state index is -0.383. The van der Waals surface area contributed by atoms with Gasteiger partial charge in [-0.1, -0.05) is 19.8 Å². The van der Waals surface area contributed by atoms with E-state index in [-0.39, 0.29) is 6.10 Å². The number of unbranched alkanes of at least 4 members (excludes halogenated alkanes) is 1. The normalized spacial score (nSPS) is 15.5. The number of aliphatic hydroxyl groups excluding tert-OH is 1. The summed E-state index contributed by atoms with van der Waals surface area (Å²) in [6.45, 7) is 5.71. The van der Waals surface area contributed by atoms with E-state index in [4.69, 9.17) is 15.5 Å². The maximum atomic E-state index is 10.5. The van der Waals surface area contributed by atoms with Gasteiger partial charge in [-0.2, -0.15) is 0 Å². The fourth-order valence-corrected chi connectivity index (χ4v) is 3.69. The van der Waals surface area contributed by atoms with Crippen LogP contribution in [0.3, 0.4) is 0 Å². The molecule has 1 atom stereocenters. The minimum absolute atomic E-state index is 0.383. The Balaban J connectivity index is 2.07. The third-order valence-electron chi connectivity index (χ3n) is 4.99. The number of nitrogen functional groups attached to an aromatic ring is 1. The molecule has 0 aliphatic heterocycles. The summed E-state index contributed by atoms with van der Waals surface area (Å²) >= 11 is 0. The topological polar surface area (TPSA) is 86.2 Å². The Bertz CT molecular complexity index is 726. The van der Waals surface area contributed by atoms with Crippen LogP contribution in [0.4, 0.5) is 5.82 Å². The lowest BCUT2D eigenvalue weighted by Crippen LogP contribution is -2.19. The van der Waals surface area contributed by atoms with Crippen LogP contribution in [-0.4, -0.2) is 32.4 Å². The van der Waals surface area contributed by atoms with Gasteiger partial charge in [-0.25, -0.2) is 9.97 Å². The largest absolute Gasteiger partial charge is 0.391 e. The van der Waals surface area contributed by atoms with Crippen molar-refractivity contribution in [2.75, 3.05) is 12.3 Å². The molecule has 2 aromatic heterocycles. The number of nitrogens with two attached hydrogens (primary N) is 1. The van der Waals surface area contributed by atoms with Gasteiger partial charge in [0.2, 0.25) is 0 Å². The Morgan fingerprint density at radius 3 is 2.80 bits per heavy atom. The van der Waals surface area contributed by atoms with Crippen LogP contribution in [0.15, 0.2) is 0 Å². The summed E-state index contributed by atoms with van der Waals surface area (Å²) in [6.07, 6.45) is 6.82. The van der Waals surface area contributed by atoms with Gasteiger partial charge >= 0.3 is 0 Å². The van der Waals surface area contributed by atoms with Crippen LogP contribution in [0.5, 0.6) is 0 Å². The summed E-state index contributed by atoms with van der Waals surface area (Å²) in [5, 5.41) is 10.5. The van der Waals surface area contributed by atoms with Gasteiger partial charge in [-0.3, -0.25) is 0 Å². The summed E-state index contributed by atoms with van der Waals surface area (Å²) in [5.41, 5.74) is 10.4. The van der Waals surface area contributed by atoms with Gasteiger partial charge in [-0.15, -0.1) is 0 Å². The molecule has 0 spiro atoms. The number of pyridine rings is 1. The standard InChI is InChI=1S/C19H30N4O2/c1-3-5-8-13(24)11-23-16(12-25-4-2)22-17-18(23)14-9-6-7-10-15(14)21-19(17)20/h13,24H,3-12H2,1-2H3,(H2,20,21). The first-order valence-electron chi connectivity index (χ1n) is 9.57. The quantitative estimate of drug-likeness (QED) is 0.767. The molecule has 1 unspecified atom stereocenters. The van der Waals surface area contributed by atoms with Crippen molar-refractivity contribution in [2.24, 2.45) is 0 Å². The summed E-state index contributed by atoms with van der Waals surface area (Å²) in [6, 6.07) is 0. The summed E-state index contributed by atoms with van der Waals surface area (Å²) in [5.74, 6) is 1.33. The zero-order chi connectivity index (χ0) is 17.8. The molecule has 1 aliphatic rings. The van der Waals surface area contributed by atoms with Crippen LogP contribution in [0.2, 0.25) is 0 Å².